The lowest BCUT2D eigenvalue weighted by Gasteiger charge is -2.24. The Labute approximate surface area is 115 Å². The molecule has 4 nitrogen and oxygen atoms in total. The molecule has 0 N–H and O–H groups in total. The second kappa shape index (κ2) is 7.77. The van der Waals surface area contributed by atoms with E-state index in [-0.39, 0.29) is 10.6 Å². The maximum atomic E-state index is 11.2. The average Bonchev–Trinajstić information content (AvgIpc) is 2.39. The first kappa shape index (κ1) is 15.5. The average molecular weight is 264 g/mol. The molecule has 1 aromatic carbocycles. The first-order chi connectivity index (χ1) is 9.10. The fourth-order valence-electron chi connectivity index (χ4n) is 2.10. The van der Waals surface area contributed by atoms with E-state index in [4.69, 9.17) is 0 Å². The summed E-state index contributed by atoms with van der Waals surface area (Å²) in [4.78, 5) is 13.1. The van der Waals surface area contributed by atoms with Crippen LogP contribution in [0.15, 0.2) is 18.2 Å². The first-order valence-electron chi connectivity index (χ1n) is 7.10. The maximum absolute atomic E-state index is 11.2. The normalized spacial score (nSPS) is 10.5. The van der Waals surface area contributed by atoms with Crippen molar-refractivity contribution < 1.29 is 4.92 Å². The van der Waals surface area contributed by atoms with Crippen LogP contribution in [0.25, 0.3) is 0 Å². The van der Waals surface area contributed by atoms with Crippen molar-refractivity contribution >= 4 is 11.4 Å². The van der Waals surface area contributed by atoms with Gasteiger partial charge >= 0.3 is 0 Å². The molecule has 1 aromatic rings. The van der Waals surface area contributed by atoms with Crippen molar-refractivity contribution in [1.29, 1.82) is 0 Å². The van der Waals surface area contributed by atoms with Crippen LogP contribution >= 0.6 is 0 Å². The second-order valence-corrected chi connectivity index (χ2v) is 4.94. The molecule has 0 spiro atoms. The first-order valence-corrected chi connectivity index (χ1v) is 7.10. The summed E-state index contributed by atoms with van der Waals surface area (Å²) in [7, 11) is 0. The smallest absolute Gasteiger partial charge is 0.292 e. The van der Waals surface area contributed by atoms with Crippen LogP contribution in [0.1, 0.15) is 45.1 Å². The van der Waals surface area contributed by atoms with Crippen LogP contribution in [-0.4, -0.2) is 18.0 Å². The fourth-order valence-corrected chi connectivity index (χ4v) is 2.10. The van der Waals surface area contributed by atoms with Gasteiger partial charge in [-0.2, -0.15) is 0 Å². The molecule has 0 fully saturated rings. The van der Waals surface area contributed by atoms with Crippen LogP contribution in [0.3, 0.4) is 0 Å². The Morgan fingerprint density at radius 2 is 1.74 bits per heavy atom. The minimum Gasteiger partial charge on any atom is -0.366 e. The summed E-state index contributed by atoms with van der Waals surface area (Å²) in [6, 6.07) is 5.51. The summed E-state index contributed by atoms with van der Waals surface area (Å²) < 4.78 is 0. The molecule has 19 heavy (non-hydrogen) atoms. The SMILES string of the molecule is CCCCN(CCCC)c1ccc(C)cc1[N+](=O)[O-]. The molecule has 0 radical (unpaired) electrons. The van der Waals surface area contributed by atoms with E-state index >= 15 is 0 Å². The largest absolute Gasteiger partial charge is 0.366 e. The van der Waals surface area contributed by atoms with Gasteiger partial charge in [-0.3, -0.25) is 10.1 Å². The molecule has 0 saturated carbocycles. The van der Waals surface area contributed by atoms with Crippen LogP contribution in [0.2, 0.25) is 0 Å². The highest BCUT2D eigenvalue weighted by atomic mass is 16.6. The van der Waals surface area contributed by atoms with Gasteiger partial charge in [0.05, 0.1) is 4.92 Å². The molecule has 0 bridgehead atoms. The number of nitro groups is 1. The second-order valence-electron chi connectivity index (χ2n) is 4.94. The molecule has 0 aliphatic carbocycles. The highest BCUT2D eigenvalue weighted by molar-refractivity contribution is 5.64. The number of benzene rings is 1. The summed E-state index contributed by atoms with van der Waals surface area (Å²) in [5.41, 5.74) is 1.92. The van der Waals surface area contributed by atoms with Gasteiger partial charge in [0, 0.05) is 19.2 Å². The van der Waals surface area contributed by atoms with E-state index in [2.05, 4.69) is 18.7 Å². The third kappa shape index (κ3) is 4.54. The Kier molecular flexibility index (Phi) is 6.33. The number of hydrogen-bond acceptors (Lipinski definition) is 3. The van der Waals surface area contributed by atoms with Crippen LogP contribution in [-0.2, 0) is 0 Å². The molecule has 1 rings (SSSR count). The van der Waals surface area contributed by atoms with E-state index in [1.54, 1.807) is 6.07 Å². The zero-order valence-electron chi connectivity index (χ0n) is 12.2. The molecule has 0 atom stereocenters. The zero-order valence-corrected chi connectivity index (χ0v) is 12.2. The van der Waals surface area contributed by atoms with Crippen molar-refractivity contribution in [2.45, 2.75) is 46.5 Å². The van der Waals surface area contributed by atoms with E-state index in [0.29, 0.717) is 0 Å². The molecule has 106 valence electrons. The Hall–Kier alpha value is -1.58. The standard InChI is InChI=1S/C15H24N2O2/c1-4-6-10-16(11-7-5-2)14-9-8-13(3)12-15(14)17(18)19/h8-9,12H,4-7,10-11H2,1-3H3. The van der Waals surface area contributed by atoms with Gasteiger partial charge < -0.3 is 4.90 Å². The summed E-state index contributed by atoms with van der Waals surface area (Å²) >= 11 is 0. The zero-order chi connectivity index (χ0) is 14.3. The van der Waals surface area contributed by atoms with Crippen molar-refractivity contribution in [3.8, 4) is 0 Å². The van der Waals surface area contributed by atoms with E-state index in [1.807, 2.05) is 19.1 Å². The van der Waals surface area contributed by atoms with Crippen LogP contribution in [0.4, 0.5) is 11.4 Å². The van der Waals surface area contributed by atoms with Gasteiger partial charge in [0.25, 0.3) is 5.69 Å². The van der Waals surface area contributed by atoms with Gasteiger partial charge in [-0.25, -0.2) is 0 Å². The highest BCUT2D eigenvalue weighted by Crippen LogP contribution is 2.29. The lowest BCUT2D eigenvalue weighted by Crippen LogP contribution is -2.26. The number of aryl methyl sites for hydroxylation is 1. The van der Waals surface area contributed by atoms with E-state index in [9.17, 15) is 10.1 Å². The minimum absolute atomic E-state index is 0.229. The topological polar surface area (TPSA) is 46.4 Å². The van der Waals surface area contributed by atoms with Crippen LogP contribution < -0.4 is 4.90 Å². The van der Waals surface area contributed by atoms with Crippen molar-refractivity contribution in [2.75, 3.05) is 18.0 Å². The summed E-state index contributed by atoms with van der Waals surface area (Å²) in [5, 5.41) is 11.2. The number of nitro benzene ring substituents is 1. The van der Waals surface area contributed by atoms with Gasteiger partial charge in [-0.15, -0.1) is 0 Å². The predicted molar refractivity (Wildman–Crippen MR) is 79.9 cm³/mol. The van der Waals surface area contributed by atoms with Gasteiger partial charge in [0.15, 0.2) is 0 Å². The molecule has 0 amide bonds. The molecular weight excluding hydrogens is 240 g/mol. The molecule has 0 unspecified atom stereocenters. The summed E-state index contributed by atoms with van der Waals surface area (Å²) in [6.07, 6.45) is 4.33. The van der Waals surface area contributed by atoms with Crippen molar-refractivity contribution in [3.05, 3.63) is 33.9 Å². The van der Waals surface area contributed by atoms with Gasteiger partial charge in [-0.05, 0) is 31.4 Å². The molecule has 4 heteroatoms. The Balaban J connectivity index is 3.02. The Morgan fingerprint density at radius 3 is 2.21 bits per heavy atom. The van der Waals surface area contributed by atoms with E-state index in [1.165, 1.54) is 0 Å². The lowest BCUT2D eigenvalue weighted by atomic mass is 10.1. The maximum Gasteiger partial charge on any atom is 0.292 e. The van der Waals surface area contributed by atoms with Gasteiger partial charge in [0.1, 0.15) is 5.69 Å². The third-order valence-corrected chi connectivity index (χ3v) is 3.23. The van der Waals surface area contributed by atoms with Gasteiger partial charge in [-0.1, -0.05) is 32.8 Å². The number of anilines is 1. The summed E-state index contributed by atoms with van der Waals surface area (Å²) in [6.45, 7) is 7.95. The lowest BCUT2D eigenvalue weighted by molar-refractivity contribution is -0.384. The number of nitrogens with zero attached hydrogens (tertiary/aromatic N) is 2. The van der Waals surface area contributed by atoms with Crippen molar-refractivity contribution in [3.63, 3.8) is 0 Å². The quantitative estimate of drug-likeness (QED) is 0.519. The Bertz CT molecular complexity index is 411. The molecule has 0 aliphatic heterocycles. The highest BCUT2D eigenvalue weighted by Gasteiger charge is 2.18. The predicted octanol–water partition coefficient (Wildman–Crippen LogP) is 4.31. The summed E-state index contributed by atoms with van der Waals surface area (Å²) in [5.74, 6) is 0. The molecule has 0 aromatic heterocycles. The van der Waals surface area contributed by atoms with Crippen LogP contribution in [0.5, 0.6) is 0 Å². The van der Waals surface area contributed by atoms with E-state index in [0.717, 1.165) is 50.0 Å². The van der Waals surface area contributed by atoms with Gasteiger partial charge in [0.2, 0.25) is 0 Å². The molecule has 0 saturated heterocycles. The Morgan fingerprint density at radius 1 is 1.16 bits per heavy atom. The van der Waals surface area contributed by atoms with E-state index < -0.39 is 0 Å². The number of rotatable bonds is 8. The minimum atomic E-state index is -0.271. The molecule has 0 heterocycles. The molecule has 0 aliphatic rings. The van der Waals surface area contributed by atoms with Crippen molar-refractivity contribution in [1.82, 2.24) is 0 Å². The molecular formula is C15H24N2O2. The monoisotopic (exact) mass is 264 g/mol. The number of hydrogen-bond donors (Lipinski definition) is 0. The fraction of sp³-hybridized carbons (Fsp3) is 0.600. The third-order valence-electron chi connectivity index (χ3n) is 3.23. The van der Waals surface area contributed by atoms with Crippen LogP contribution in [0, 0.1) is 17.0 Å². The number of unbranched alkanes of at least 4 members (excludes halogenated alkanes) is 2. The van der Waals surface area contributed by atoms with Crippen molar-refractivity contribution in [2.24, 2.45) is 0 Å².